The summed E-state index contributed by atoms with van der Waals surface area (Å²) in [5, 5.41) is 18.8. The van der Waals surface area contributed by atoms with E-state index >= 15 is 0 Å². The highest BCUT2D eigenvalue weighted by Crippen LogP contribution is 2.28. The third kappa shape index (κ3) is 2.22. The van der Waals surface area contributed by atoms with Gasteiger partial charge in [-0.2, -0.15) is 4.31 Å². The fraction of sp³-hybridized carbons (Fsp3) is 0.455. The van der Waals surface area contributed by atoms with Crippen LogP contribution in [0, 0.1) is 0 Å². The first-order valence-electron chi connectivity index (χ1n) is 5.46. The Labute approximate surface area is 105 Å². The van der Waals surface area contributed by atoms with Crippen molar-refractivity contribution in [3.05, 3.63) is 24.3 Å². The average molecular weight is 273 g/mol. The van der Waals surface area contributed by atoms with E-state index in [1.54, 1.807) is 18.2 Å². The van der Waals surface area contributed by atoms with Crippen LogP contribution in [-0.4, -0.2) is 55.3 Å². The number of aliphatic hydroxyl groups is 2. The Bertz CT molecular complexity index is 520. The second-order valence-electron chi connectivity index (χ2n) is 4.11. The van der Waals surface area contributed by atoms with Gasteiger partial charge in [0.25, 0.3) is 0 Å². The summed E-state index contributed by atoms with van der Waals surface area (Å²) in [6, 6.07) is 6.25. The van der Waals surface area contributed by atoms with Gasteiger partial charge < -0.3 is 14.9 Å². The molecule has 1 aliphatic heterocycles. The summed E-state index contributed by atoms with van der Waals surface area (Å²) in [6.07, 6.45) is -2.09. The molecule has 0 saturated carbocycles. The van der Waals surface area contributed by atoms with Crippen LogP contribution in [0.1, 0.15) is 0 Å². The molecule has 18 heavy (non-hydrogen) atoms. The number of methoxy groups -OCH3 is 1. The normalized spacial score (nSPS) is 25.3. The average Bonchev–Trinajstić information content (AvgIpc) is 2.70. The van der Waals surface area contributed by atoms with E-state index in [2.05, 4.69) is 0 Å². The van der Waals surface area contributed by atoms with Crippen LogP contribution >= 0.6 is 0 Å². The number of hydrogen-bond donors (Lipinski definition) is 2. The Kier molecular flexibility index (Phi) is 3.58. The lowest BCUT2D eigenvalue weighted by Crippen LogP contribution is -2.30. The number of ether oxygens (including phenoxy) is 1. The second kappa shape index (κ2) is 4.85. The van der Waals surface area contributed by atoms with Gasteiger partial charge in [-0.05, 0) is 12.1 Å². The van der Waals surface area contributed by atoms with Crippen molar-refractivity contribution in [2.45, 2.75) is 17.1 Å². The van der Waals surface area contributed by atoms with Crippen molar-refractivity contribution in [2.75, 3.05) is 20.2 Å². The molecule has 0 spiro atoms. The first-order valence-corrected chi connectivity index (χ1v) is 6.90. The lowest BCUT2D eigenvalue weighted by atomic mass is 10.3. The molecule has 1 aromatic rings. The van der Waals surface area contributed by atoms with E-state index in [0.717, 1.165) is 4.31 Å². The number of para-hydroxylation sites is 1. The molecule has 2 N–H and O–H groups in total. The predicted molar refractivity (Wildman–Crippen MR) is 63.8 cm³/mol. The second-order valence-corrected chi connectivity index (χ2v) is 6.01. The van der Waals surface area contributed by atoms with E-state index in [9.17, 15) is 18.6 Å². The largest absolute Gasteiger partial charge is 0.495 e. The molecule has 0 unspecified atom stereocenters. The summed E-state index contributed by atoms with van der Waals surface area (Å²) < 4.78 is 30.7. The van der Waals surface area contributed by atoms with Gasteiger partial charge in [-0.25, -0.2) is 8.42 Å². The lowest BCUT2D eigenvalue weighted by Gasteiger charge is -2.17. The number of β-amino-alcohol motifs (C(OH)–C–C–N with tert-alkyl or cyclic N) is 2. The Hall–Kier alpha value is -1.15. The van der Waals surface area contributed by atoms with Crippen LogP contribution in [0.2, 0.25) is 0 Å². The van der Waals surface area contributed by atoms with Crippen molar-refractivity contribution in [1.82, 2.24) is 4.31 Å². The van der Waals surface area contributed by atoms with Crippen molar-refractivity contribution in [3.8, 4) is 5.75 Å². The highest BCUT2D eigenvalue weighted by atomic mass is 32.2. The van der Waals surface area contributed by atoms with Gasteiger partial charge in [-0.1, -0.05) is 12.1 Å². The minimum absolute atomic E-state index is 0.0359. The van der Waals surface area contributed by atoms with Crippen molar-refractivity contribution >= 4 is 10.0 Å². The number of hydrogen-bond acceptors (Lipinski definition) is 5. The zero-order chi connectivity index (χ0) is 13.3. The van der Waals surface area contributed by atoms with E-state index < -0.39 is 22.2 Å². The minimum atomic E-state index is -3.76. The molecule has 1 saturated heterocycles. The molecule has 1 fully saturated rings. The number of benzene rings is 1. The summed E-state index contributed by atoms with van der Waals surface area (Å²) in [6.45, 7) is -0.219. The maximum absolute atomic E-state index is 12.3. The third-order valence-corrected chi connectivity index (χ3v) is 4.78. The monoisotopic (exact) mass is 273 g/mol. The van der Waals surface area contributed by atoms with Gasteiger partial charge in [0.15, 0.2) is 0 Å². The molecule has 0 radical (unpaired) electrons. The smallest absolute Gasteiger partial charge is 0.246 e. The summed E-state index contributed by atoms with van der Waals surface area (Å²) >= 11 is 0. The number of sulfonamides is 1. The quantitative estimate of drug-likeness (QED) is 0.769. The van der Waals surface area contributed by atoms with Crippen LogP contribution in [0.15, 0.2) is 29.2 Å². The van der Waals surface area contributed by atoms with Crippen LogP contribution in [-0.2, 0) is 10.0 Å². The van der Waals surface area contributed by atoms with Crippen LogP contribution < -0.4 is 4.74 Å². The number of rotatable bonds is 3. The molecule has 100 valence electrons. The van der Waals surface area contributed by atoms with Crippen molar-refractivity contribution < 1.29 is 23.4 Å². The van der Waals surface area contributed by atoms with Crippen molar-refractivity contribution in [1.29, 1.82) is 0 Å². The Morgan fingerprint density at radius 1 is 1.22 bits per heavy atom. The molecule has 1 aliphatic rings. The Balaban J connectivity index is 2.37. The van der Waals surface area contributed by atoms with Gasteiger partial charge in [-0.15, -0.1) is 0 Å². The zero-order valence-corrected chi connectivity index (χ0v) is 10.7. The summed E-state index contributed by atoms with van der Waals surface area (Å²) in [5.41, 5.74) is 0. The zero-order valence-electron chi connectivity index (χ0n) is 9.85. The van der Waals surface area contributed by atoms with Crippen LogP contribution in [0.5, 0.6) is 5.75 Å². The van der Waals surface area contributed by atoms with Crippen LogP contribution in [0.3, 0.4) is 0 Å². The first kappa shape index (κ1) is 13.3. The molecule has 1 aromatic carbocycles. The van der Waals surface area contributed by atoms with E-state index in [1.165, 1.54) is 13.2 Å². The third-order valence-electron chi connectivity index (χ3n) is 2.91. The highest BCUT2D eigenvalue weighted by Gasteiger charge is 2.38. The Morgan fingerprint density at radius 2 is 1.78 bits per heavy atom. The molecular formula is C11H15NO5S. The summed E-state index contributed by atoms with van der Waals surface area (Å²) in [4.78, 5) is 0.0359. The van der Waals surface area contributed by atoms with Crippen molar-refractivity contribution in [3.63, 3.8) is 0 Å². The molecular weight excluding hydrogens is 258 g/mol. The lowest BCUT2D eigenvalue weighted by molar-refractivity contribution is 0.0572. The van der Waals surface area contributed by atoms with Gasteiger partial charge >= 0.3 is 0 Å². The van der Waals surface area contributed by atoms with Gasteiger partial charge in [0.2, 0.25) is 10.0 Å². The van der Waals surface area contributed by atoms with E-state index in [0.29, 0.717) is 0 Å². The van der Waals surface area contributed by atoms with Crippen LogP contribution in [0.25, 0.3) is 0 Å². The molecule has 7 heteroatoms. The molecule has 0 bridgehead atoms. The van der Waals surface area contributed by atoms with E-state index in [1.807, 2.05) is 0 Å². The van der Waals surface area contributed by atoms with Gasteiger partial charge in [0.05, 0.1) is 19.3 Å². The van der Waals surface area contributed by atoms with Crippen molar-refractivity contribution in [2.24, 2.45) is 0 Å². The Morgan fingerprint density at radius 3 is 2.33 bits per heavy atom. The SMILES string of the molecule is COc1ccccc1S(=O)(=O)N1C[C@@H](O)[C@@H](O)C1. The van der Waals surface area contributed by atoms with E-state index in [-0.39, 0.29) is 23.7 Å². The first-order chi connectivity index (χ1) is 8.46. The van der Waals surface area contributed by atoms with Crippen LogP contribution in [0.4, 0.5) is 0 Å². The predicted octanol–water partition coefficient (Wildman–Crippen LogP) is -0.579. The minimum Gasteiger partial charge on any atom is -0.495 e. The molecule has 0 aliphatic carbocycles. The topological polar surface area (TPSA) is 87.1 Å². The fourth-order valence-corrected chi connectivity index (χ4v) is 3.53. The standard InChI is InChI=1S/C11H15NO5S/c1-17-10-4-2-3-5-11(10)18(15,16)12-6-8(13)9(14)7-12/h2-5,8-9,13-14H,6-7H2,1H3/t8-,9+. The highest BCUT2D eigenvalue weighted by molar-refractivity contribution is 7.89. The summed E-state index contributed by atoms with van der Waals surface area (Å²) in [7, 11) is -2.37. The molecule has 2 rings (SSSR count). The summed E-state index contributed by atoms with van der Waals surface area (Å²) in [5.74, 6) is 0.244. The number of aliphatic hydroxyl groups excluding tert-OH is 2. The molecule has 2 atom stereocenters. The molecule has 0 amide bonds. The van der Waals surface area contributed by atoms with E-state index in [4.69, 9.17) is 4.74 Å². The molecule has 1 heterocycles. The van der Waals surface area contributed by atoms with Gasteiger partial charge in [-0.3, -0.25) is 0 Å². The van der Waals surface area contributed by atoms with Gasteiger partial charge in [0, 0.05) is 13.1 Å². The fourth-order valence-electron chi connectivity index (χ4n) is 1.90. The maximum atomic E-state index is 12.3. The maximum Gasteiger partial charge on any atom is 0.246 e. The molecule has 0 aromatic heterocycles. The van der Waals surface area contributed by atoms with Gasteiger partial charge in [0.1, 0.15) is 10.6 Å². The number of nitrogens with zero attached hydrogens (tertiary/aromatic N) is 1. The molecule has 6 nitrogen and oxygen atoms in total.